The van der Waals surface area contributed by atoms with Crippen LogP contribution in [-0.4, -0.2) is 3.21 Å². The van der Waals surface area contributed by atoms with Crippen LogP contribution >= 0.6 is 23.2 Å². The summed E-state index contributed by atoms with van der Waals surface area (Å²) in [4.78, 5) is 0. The number of fused-ring (bicyclic) bond motifs is 3. The van der Waals surface area contributed by atoms with Crippen LogP contribution in [0.5, 0.6) is 0 Å². The molecular weight excluding hydrogens is 665 g/mol. The molecule has 0 nitrogen and oxygen atoms in total. The normalized spacial score (nSPS) is 15.4. The van der Waals surface area contributed by atoms with Gasteiger partial charge in [0.25, 0.3) is 0 Å². The molecule has 4 aromatic carbocycles. The number of rotatable bonds is 4. The van der Waals surface area contributed by atoms with E-state index in [9.17, 15) is 0 Å². The van der Waals surface area contributed by atoms with Gasteiger partial charge in [-0.15, -0.1) is 0 Å². The minimum absolute atomic E-state index is 0. The largest absolute Gasteiger partial charge is 1.00 e. The molecule has 0 radical (unpaired) electrons. The van der Waals surface area contributed by atoms with Crippen LogP contribution in [-0.2, 0) is 21.3 Å². The Kier molecular flexibility index (Phi) is 10.1. The van der Waals surface area contributed by atoms with Crippen molar-refractivity contribution < 1.29 is 46.1 Å². The summed E-state index contributed by atoms with van der Waals surface area (Å²) in [6.07, 6.45) is 5.10. The van der Waals surface area contributed by atoms with E-state index in [1.54, 1.807) is 3.28 Å². The van der Waals surface area contributed by atoms with Crippen LogP contribution in [0.3, 0.4) is 0 Å². The van der Waals surface area contributed by atoms with E-state index in [1.807, 2.05) is 24.3 Å². The van der Waals surface area contributed by atoms with Gasteiger partial charge in [0, 0.05) is 0 Å². The molecular formula is C36H32Cl4Zr. The Labute approximate surface area is 274 Å². The van der Waals surface area contributed by atoms with E-state index in [0.29, 0.717) is 9.54 Å². The summed E-state index contributed by atoms with van der Waals surface area (Å²) >= 11 is 10.0. The van der Waals surface area contributed by atoms with Gasteiger partial charge in [-0.2, -0.15) is 0 Å². The van der Waals surface area contributed by atoms with Gasteiger partial charge < -0.3 is 24.8 Å². The molecule has 0 saturated heterocycles. The second kappa shape index (κ2) is 12.9. The first kappa shape index (κ1) is 32.2. The first-order chi connectivity index (χ1) is 18.7. The van der Waals surface area contributed by atoms with E-state index >= 15 is 0 Å². The fraction of sp³-hybridized carbons (Fsp3) is 0.194. The molecule has 0 aliphatic heterocycles. The Morgan fingerprint density at radius 3 is 1.51 bits per heavy atom. The summed E-state index contributed by atoms with van der Waals surface area (Å²) in [5, 5.41) is 1.53. The molecule has 0 bridgehead atoms. The molecule has 41 heavy (non-hydrogen) atoms. The summed E-state index contributed by atoms with van der Waals surface area (Å²) in [6, 6.07) is 35.2. The molecule has 0 aromatic heterocycles. The Hall–Kier alpha value is -1.73. The molecule has 0 spiro atoms. The second-order valence-electron chi connectivity index (χ2n) is 11.7. The van der Waals surface area contributed by atoms with Crippen LogP contribution in [0.1, 0.15) is 53.6 Å². The predicted octanol–water partition coefficient (Wildman–Crippen LogP) is 4.46. The third-order valence-electron chi connectivity index (χ3n) is 8.07. The minimum atomic E-state index is -2.80. The molecule has 0 amide bonds. The molecule has 208 valence electrons. The number of hydrogen-bond acceptors (Lipinski definition) is 0. The first-order valence-electron chi connectivity index (χ1n) is 13.6. The Bertz CT molecular complexity index is 1560. The zero-order valence-corrected chi connectivity index (χ0v) is 29.0. The maximum Gasteiger partial charge on any atom is -1.00 e. The van der Waals surface area contributed by atoms with Crippen molar-refractivity contribution in [3.8, 4) is 11.1 Å². The Morgan fingerprint density at radius 2 is 1.10 bits per heavy atom. The average Bonchev–Trinajstić information content (AvgIpc) is 3.47. The van der Waals surface area contributed by atoms with E-state index in [2.05, 4.69) is 113 Å². The molecule has 0 fully saturated rings. The molecule has 5 heteroatoms. The van der Waals surface area contributed by atoms with Crippen molar-refractivity contribution in [1.82, 2.24) is 0 Å². The van der Waals surface area contributed by atoms with Crippen molar-refractivity contribution in [3.63, 3.8) is 0 Å². The van der Waals surface area contributed by atoms with Crippen molar-refractivity contribution in [3.05, 3.63) is 150 Å². The van der Waals surface area contributed by atoms with Crippen molar-refractivity contribution >= 4 is 26.4 Å². The summed E-state index contributed by atoms with van der Waals surface area (Å²) in [5.74, 6) is 0.406. The second-order valence-corrected chi connectivity index (χ2v) is 18.6. The monoisotopic (exact) mass is 694 g/mol. The molecule has 1 atom stereocenters. The van der Waals surface area contributed by atoms with E-state index < -0.39 is 21.3 Å². The van der Waals surface area contributed by atoms with Gasteiger partial charge >= 0.3 is 252 Å². The smallest absolute Gasteiger partial charge is 1.00 e. The fourth-order valence-corrected chi connectivity index (χ4v) is 15.9. The van der Waals surface area contributed by atoms with Crippen LogP contribution in [0.2, 0.25) is 10.0 Å². The van der Waals surface area contributed by atoms with Gasteiger partial charge in [0.05, 0.1) is 0 Å². The maximum atomic E-state index is 6.41. The maximum absolute atomic E-state index is 6.41. The summed E-state index contributed by atoms with van der Waals surface area (Å²) < 4.78 is 3.53. The number of allylic oxidation sites excluding steroid dienone is 4. The van der Waals surface area contributed by atoms with Gasteiger partial charge in [-0.3, -0.25) is 0 Å². The van der Waals surface area contributed by atoms with Crippen LogP contribution in [0.25, 0.3) is 11.1 Å². The Morgan fingerprint density at radius 1 is 0.659 bits per heavy atom. The van der Waals surface area contributed by atoms with Gasteiger partial charge in [-0.25, -0.2) is 0 Å². The van der Waals surface area contributed by atoms with Crippen LogP contribution in [0.4, 0.5) is 0 Å². The van der Waals surface area contributed by atoms with Crippen LogP contribution < -0.4 is 24.8 Å². The molecule has 4 aromatic rings. The van der Waals surface area contributed by atoms with Crippen LogP contribution in [0, 0.1) is 11.3 Å². The molecule has 2 aliphatic rings. The number of benzene rings is 4. The molecule has 0 heterocycles. The zero-order chi connectivity index (χ0) is 27.3. The van der Waals surface area contributed by atoms with Gasteiger partial charge in [0.15, 0.2) is 0 Å². The van der Waals surface area contributed by atoms with Gasteiger partial charge in [-0.1, -0.05) is 0 Å². The summed E-state index contributed by atoms with van der Waals surface area (Å²) in [6.45, 7) is 9.39. The van der Waals surface area contributed by atoms with Crippen molar-refractivity contribution in [2.75, 3.05) is 0 Å². The molecule has 6 rings (SSSR count). The molecule has 0 N–H and O–H groups in total. The van der Waals surface area contributed by atoms with Crippen molar-refractivity contribution in [2.24, 2.45) is 11.3 Å². The van der Waals surface area contributed by atoms with E-state index in [1.165, 1.54) is 42.2 Å². The third kappa shape index (κ3) is 6.18. The average molecular weight is 698 g/mol. The van der Waals surface area contributed by atoms with Gasteiger partial charge in [-0.05, 0) is 0 Å². The zero-order valence-electron chi connectivity index (χ0n) is 23.6. The summed E-state index contributed by atoms with van der Waals surface area (Å²) in [7, 11) is 0. The van der Waals surface area contributed by atoms with Crippen molar-refractivity contribution in [1.29, 1.82) is 0 Å². The van der Waals surface area contributed by atoms with E-state index in [0.717, 1.165) is 10.0 Å². The quantitative estimate of drug-likeness (QED) is 0.296. The van der Waals surface area contributed by atoms with Gasteiger partial charge in [0.2, 0.25) is 0 Å². The van der Waals surface area contributed by atoms with E-state index in [4.69, 9.17) is 23.2 Å². The van der Waals surface area contributed by atoms with Crippen LogP contribution in [0.15, 0.2) is 118 Å². The standard InChI is InChI=1S/C13H8Cl2.C13H9.C10H15.2ClH.Zr/c14-12-5-1-10(2-6-12)9-11-3-7-13(15)8-4-11;1-3-7-12-10(5-1)9-11-6-2-4-8-13(11)12;1-8-5-6-9(7-8)10(2,3)4;;;/h1-8H;1-9H;6-8H,1-4H3;2*1H;/q;;;;;+2/p-2. The third-order valence-corrected chi connectivity index (χ3v) is 17.3. The van der Waals surface area contributed by atoms with E-state index in [-0.39, 0.29) is 30.2 Å². The molecule has 1 unspecified atom stereocenters. The van der Waals surface area contributed by atoms with Crippen molar-refractivity contribution in [2.45, 2.75) is 31.3 Å². The predicted molar refractivity (Wildman–Crippen MR) is 165 cm³/mol. The molecule has 0 saturated carbocycles. The SMILES string of the molecule is CC1C=C(C(C)(C)C)C=[C]1[Zr+2](=[C](c1ccc(Cl)cc1)c1ccc(Cl)cc1)[CH]1c2ccccc2-c2ccccc21.[Cl-].[Cl-]. The summed E-state index contributed by atoms with van der Waals surface area (Å²) in [5.41, 5.74) is 9.84. The minimum Gasteiger partial charge on any atom is -1.00 e. The number of hydrogen-bond donors (Lipinski definition) is 0. The molecule has 2 aliphatic carbocycles. The fourth-order valence-electron chi connectivity index (χ4n) is 6.13. The number of halogens is 4. The topological polar surface area (TPSA) is 0 Å². The first-order valence-corrected chi connectivity index (χ1v) is 18.2. The Balaban J connectivity index is 0.00000194. The van der Waals surface area contributed by atoms with Gasteiger partial charge in [0.1, 0.15) is 0 Å².